The minimum Gasteiger partial charge on any atom is -0.462 e. The zero-order valence-corrected chi connectivity index (χ0v) is 20.0. The first-order valence-electron chi connectivity index (χ1n) is 12.2. The van der Waals surface area contributed by atoms with E-state index in [9.17, 15) is 19.5 Å². The number of esters is 3. The van der Waals surface area contributed by atoms with E-state index in [4.69, 9.17) is 14.2 Å². The Labute approximate surface area is 190 Å². The lowest BCUT2D eigenvalue weighted by atomic mass is 9.42. The molecule has 4 aliphatic carbocycles. The summed E-state index contributed by atoms with van der Waals surface area (Å²) in [6.45, 7) is 8.57. The van der Waals surface area contributed by atoms with E-state index in [1.54, 1.807) is 0 Å². The molecule has 7 heteroatoms. The highest BCUT2D eigenvalue weighted by Crippen LogP contribution is 2.68. The maximum absolute atomic E-state index is 12.4. The third-order valence-corrected chi connectivity index (χ3v) is 9.72. The van der Waals surface area contributed by atoms with Gasteiger partial charge in [0.05, 0.1) is 5.60 Å². The minimum atomic E-state index is -0.980. The number of hydrogen-bond acceptors (Lipinski definition) is 7. The molecular weight excluding hydrogens is 412 g/mol. The molecule has 4 rings (SSSR count). The van der Waals surface area contributed by atoms with Gasteiger partial charge in [0.2, 0.25) is 0 Å². The Morgan fingerprint density at radius 3 is 1.97 bits per heavy atom. The molecule has 0 unspecified atom stereocenters. The first-order chi connectivity index (χ1) is 14.9. The Kier molecular flexibility index (Phi) is 5.88. The maximum atomic E-state index is 12.4. The van der Waals surface area contributed by atoms with Gasteiger partial charge in [0.25, 0.3) is 0 Å². The highest BCUT2D eigenvalue weighted by atomic mass is 16.6. The lowest BCUT2D eigenvalue weighted by molar-refractivity contribution is -0.277. The summed E-state index contributed by atoms with van der Waals surface area (Å²) in [5.74, 6) is -0.531. The third-order valence-electron chi connectivity index (χ3n) is 9.72. The summed E-state index contributed by atoms with van der Waals surface area (Å²) >= 11 is 0. The Morgan fingerprint density at radius 1 is 0.750 bits per heavy atom. The molecule has 0 aromatic rings. The molecule has 1 N–H and O–H groups in total. The summed E-state index contributed by atoms with van der Waals surface area (Å²) in [6, 6.07) is 0. The monoisotopic (exact) mass is 450 g/mol. The van der Waals surface area contributed by atoms with Gasteiger partial charge in [0.15, 0.2) is 0 Å². The van der Waals surface area contributed by atoms with Crippen LogP contribution >= 0.6 is 0 Å². The van der Waals surface area contributed by atoms with Gasteiger partial charge < -0.3 is 19.3 Å². The van der Waals surface area contributed by atoms with Gasteiger partial charge in [-0.05, 0) is 62.7 Å². The number of rotatable bonds is 3. The number of aliphatic hydroxyl groups is 1. The zero-order chi connectivity index (χ0) is 23.5. The molecule has 9 atom stereocenters. The quantitative estimate of drug-likeness (QED) is 0.518. The van der Waals surface area contributed by atoms with Gasteiger partial charge >= 0.3 is 17.9 Å². The molecule has 0 heterocycles. The topological polar surface area (TPSA) is 99.1 Å². The molecule has 0 aromatic carbocycles. The molecule has 4 saturated carbocycles. The molecule has 0 radical (unpaired) electrons. The van der Waals surface area contributed by atoms with Gasteiger partial charge in [-0.15, -0.1) is 0 Å². The van der Waals surface area contributed by atoms with Crippen molar-refractivity contribution in [2.75, 3.05) is 0 Å². The number of carbonyl (C=O) groups excluding carboxylic acids is 3. The van der Waals surface area contributed by atoms with E-state index in [1.165, 1.54) is 20.8 Å². The van der Waals surface area contributed by atoms with E-state index in [0.717, 1.165) is 32.1 Å². The van der Waals surface area contributed by atoms with Crippen molar-refractivity contribution < 1.29 is 33.7 Å². The van der Waals surface area contributed by atoms with Crippen LogP contribution in [0.25, 0.3) is 0 Å². The van der Waals surface area contributed by atoms with Crippen molar-refractivity contribution in [1.82, 2.24) is 0 Å². The maximum Gasteiger partial charge on any atom is 0.302 e. The molecule has 4 fully saturated rings. The minimum absolute atomic E-state index is 0.0615. The Hall–Kier alpha value is -1.63. The van der Waals surface area contributed by atoms with Crippen LogP contribution in [-0.2, 0) is 28.6 Å². The van der Waals surface area contributed by atoms with Crippen molar-refractivity contribution in [2.24, 2.45) is 28.6 Å². The van der Waals surface area contributed by atoms with Crippen molar-refractivity contribution in [1.29, 1.82) is 0 Å². The second kappa shape index (κ2) is 8.00. The van der Waals surface area contributed by atoms with Crippen LogP contribution in [0.5, 0.6) is 0 Å². The zero-order valence-electron chi connectivity index (χ0n) is 20.0. The van der Waals surface area contributed by atoms with Gasteiger partial charge in [-0.1, -0.05) is 13.8 Å². The molecule has 0 bridgehead atoms. The normalized spacial score (nSPS) is 47.4. The SMILES string of the molecule is CC(=O)O[C@H]1C[C@@H]2CC[C@H]3[C@@H]4CC[C@@H](OC(C)=O)[C@@]4(C)CC[C@]3(O)[C@@]2(C)[C@@H](OC(C)=O)C1. The summed E-state index contributed by atoms with van der Waals surface area (Å²) in [5.41, 5.74) is -1.73. The van der Waals surface area contributed by atoms with Gasteiger partial charge in [-0.3, -0.25) is 14.4 Å². The largest absolute Gasteiger partial charge is 0.462 e. The number of ether oxygens (including phenoxy) is 3. The van der Waals surface area contributed by atoms with Gasteiger partial charge in [-0.2, -0.15) is 0 Å². The third kappa shape index (κ3) is 3.46. The molecule has 4 aliphatic rings. The summed E-state index contributed by atoms with van der Waals surface area (Å²) in [5, 5.41) is 12.4. The second-order valence-corrected chi connectivity index (χ2v) is 11.2. The van der Waals surface area contributed by atoms with Gasteiger partial charge in [0, 0.05) is 38.0 Å². The molecule has 0 amide bonds. The van der Waals surface area contributed by atoms with E-state index in [1.807, 2.05) is 0 Å². The van der Waals surface area contributed by atoms with Crippen LogP contribution in [0.1, 0.15) is 86.0 Å². The van der Waals surface area contributed by atoms with Crippen molar-refractivity contribution in [3.05, 3.63) is 0 Å². The first kappa shape index (κ1) is 23.5. The highest BCUT2D eigenvalue weighted by Gasteiger charge is 2.70. The summed E-state index contributed by atoms with van der Waals surface area (Å²) in [7, 11) is 0. The summed E-state index contributed by atoms with van der Waals surface area (Å²) in [6.07, 6.45) is 5.06. The van der Waals surface area contributed by atoms with Gasteiger partial charge in [-0.25, -0.2) is 0 Å². The van der Waals surface area contributed by atoms with Crippen LogP contribution in [0, 0.1) is 28.6 Å². The Bertz CT molecular complexity index is 795. The number of fused-ring (bicyclic) bond motifs is 5. The number of hydrogen-bond donors (Lipinski definition) is 1. The molecule has 0 spiro atoms. The lowest BCUT2D eigenvalue weighted by Crippen LogP contribution is -2.70. The molecular formula is C25H38O7. The van der Waals surface area contributed by atoms with Crippen LogP contribution in [0.4, 0.5) is 0 Å². The van der Waals surface area contributed by atoms with Crippen molar-refractivity contribution in [3.8, 4) is 0 Å². The Morgan fingerprint density at radius 2 is 1.34 bits per heavy atom. The average Bonchev–Trinajstić information content (AvgIpc) is 2.99. The summed E-state index contributed by atoms with van der Waals surface area (Å²) in [4.78, 5) is 35.4. The molecule has 180 valence electrons. The van der Waals surface area contributed by atoms with E-state index in [0.29, 0.717) is 19.3 Å². The predicted molar refractivity (Wildman–Crippen MR) is 115 cm³/mol. The molecule has 32 heavy (non-hydrogen) atoms. The lowest BCUT2D eigenvalue weighted by Gasteiger charge is -2.66. The fourth-order valence-corrected chi connectivity index (χ4v) is 8.25. The smallest absolute Gasteiger partial charge is 0.302 e. The number of carbonyl (C=O) groups is 3. The highest BCUT2D eigenvalue weighted by molar-refractivity contribution is 5.67. The standard InChI is InChI=1S/C25H38O7/c1-14(26)30-18-12-17-6-7-20-19-8-9-21(31-15(2)27)23(19,4)10-11-25(20,29)24(17,5)22(13-18)32-16(3)28/h17-22,29H,6-13H2,1-5H3/t17-,18-,19-,20-,21+,22-,23-,24+,25+/m0/s1. The molecule has 0 aromatic heterocycles. The molecule has 7 nitrogen and oxygen atoms in total. The van der Waals surface area contributed by atoms with Crippen molar-refractivity contribution in [3.63, 3.8) is 0 Å². The van der Waals surface area contributed by atoms with Crippen LogP contribution in [-0.4, -0.2) is 46.9 Å². The van der Waals surface area contributed by atoms with Crippen LogP contribution in [0.3, 0.4) is 0 Å². The fourth-order valence-electron chi connectivity index (χ4n) is 8.25. The van der Waals surface area contributed by atoms with E-state index in [-0.39, 0.29) is 53.3 Å². The van der Waals surface area contributed by atoms with Crippen LogP contribution in [0.2, 0.25) is 0 Å². The second-order valence-electron chi connectivity index (χ2n) is 11.2. The van der Waals surface area contributed by atoms with E-state index in [2.05, 4.69) is 13.8 Å². The van der Waals surface area contributed by atoms with Crippen LogP contribution < -0.4 is 0 Å². The molecule has 0 saturated heterocycles. The van der Waals surface area contributed by atoms with Crippen LogP contribution in [0.15, 0.2) is 0 Å². The van der Waals surface area contributed by atoms with Crippen molar-refractivity contribution >= 4 is 17.9 Å². The van der Waals surface area contributed by atoms with E-state index < -0.39 is 17.1 Å². The average molecular weight is 451 g/mol. The predicted octanol–water partition coefficient (Wildman–Crippen LogP) is 3.55. The fraction of sp³-hybridized carbons (Fsp3) is 0.880. The van der Waals surface area contributed by atoms with Crippen molar-refractivity contribution in [2.45, 2.75) is 110 Å². The van der Waals surface area contributed by atoms with E-state index >= 15 is 0 Å². The summed E-state index contributed by atoms with van der Waals surface area (Å²) < 4.78 is 17.1. The van der Waals surface area contributed by atoms with Gasteiger partial charge in [0.1, 0.15) is 18.3 Å². The first-order valence-corrected chi connectivity index (χ1v) is 12.2. The molecule has 0 aliphatic heterocycles. The Balaban J connectivity index is 1.67.